The van der Waals surface area contributed by atoms with Crippen molar-refractivity contribution in [1.82, 2.24) is 4.57 Å². The Labute approximate surface area is 121 Å². The molecule has 0 fully saturated rings. The second-order valence-corrected chi connectivity index (χ2v) is 5.16. The van der Waals surface area contributed by atoms with Gasteiger partial charge in [0, 0.05) is 23.3 Å². The maximum atomic E-state index is 11.6. The van der Waals surface area contributed by atoms with E-state index in [-0.39, 0.29) is 5.56 Å². The Bertz CT molecular complexity index is 566. The molecule has 0 bridgehead atoms. The largest absolute Gasteiger partial charge is 0.494 e. The van der Waals surface area contributed by atoms with Crippen LogP contribution in [-0.4, -0.2) is 11.2 Å². The molecular formula is C15H16BrNO2. The third-order valence-electron chi connectivity index (χ3n) is 2.75. The summed E-state index contributed by atoms with van der Waals surface area (Å²) in [6, 6.07) is 13.1. The van der Waals surface area contributed by atoms with E-state index in [1.54, 1.807) is 16.7 Å². The Morgan fingerprint density at radius 3 is 2.63 bits per heavy atom. The van der Waals surface area contributed by atoms with E-state index < -0.39 is 0 Å². The first kappa shape index (κ1) is 13.9. The van der Waals surface area contributed by atoms with Crippen LogP contribution in [0.3, 0.4) is 0 Å². The number of benzene rings is 1. The fourth-order valence-corrected chi connectivity index (χ4v) is 2.15. The number of pyridine rings is 1. The van der Waals surface area contributed by atoms with Crippen LogP contribution in [-0.2, 0) is 6.54 Å². The zero-order chi connectivity index (χ0) is 13.5. The summed E-state index contributed by atoms with van der Waals surface area (Å²) in [5, 5.41) is 0. The minimum Gasteiger partial charge on any atom is -0.494 e. The van der Waals surface area contributed by atoms with Gasteiger partial charge in [0.2, 0.25) is 0 Å². The van der Waals surface area contributed by atoms with Crippen LogP contribution in [0.2, 0.25) is 0 Å². The highest BCUT2D eigenvalue weighted by Gasteiger charge is 1.97. The molecular weight excluding hydrogens is 306 g/mol. The molecule has 3 nitrogen and oxygen atoms in total. The number of hydrogen-bond donors (Lipinski definition) is 0. The number of halogens is 1. The van der Waals surface area contributed by atoms with Crippen LogP contribution in [0.1, 0.15) is 12.8 Å². The first-order chi connectivity index (χ1) is 9.25. The van der Waals surface area contributed by atoms with Crippen molar-refractivity contribution >= 4 is 15.9 Å². The summed E-state index contributed by atoms with van der Waals surface area (Å²) in [5.74, 6) is 0.891. The van der Waals surface area contributed by atoms with Gasteiger partial charge in [-0.2, -0.15) is 0 Å². The molecule has 0 aliphatic heterocycles. The van der Waals surface area contributed by atoms with Crippen molar-refractivity contribution in [2.24, 2.45) is 0 Å². The van der Waals surface area contributed by atoms with Gasteiger partial charge >= 0.3 is 0 Å². The quantitative estimate of drug-likeness (QED) is 0.763. The molecule has 19 heavy (non-hydrogen) atoms. The van der Waals surface area contributed by atoms with Gasteiger partial charge in [0.15, 0.2) is 0 Å². The molecule has 0 spiro atoms. The lowest BCUT2D eigenvalue weighted by atomic mass is 10.3. The SMILES string of the molecule is O=c1ccc(Br)cn1CCCCOc1ccccc1. The van der Waals surface area contributed by atoms with Crippen LogP contribution in [0.15, 0.2) is 57.9 Å². The van der Waals surface area contributed by atoms with E-state index >= 15 is 0 Å². The number of rotatable bonds is 6. The number of aromatic nitrogens is 1. The summed E-state index contributed by atoms with van der Waals surface area (Å²) < 4.78 is 8.24. The van der Waals surface area contributed by atoms with Gasteiger partial charge in [-0.15, -0.1) is 0 Å². The standard InChI is InChI=1S/C15H16BrNO2/c16-13-8-9-15(18)17(12-13)10-4-5-11-19-14-6-2-1-3-7-14/h1-3,6-9,12H,4-5,10-11H2. The Morgan fingerprint density at radius 2 is 1.84 bits per heavy atom. The topological polar surface area (TPSA) is 31.2 Å². The van der Waals surface area contributed by atoms with Crippen LogP contribution in [0.5, 0.6) is 5.75 Å². The fourth-order valence-electron chi connectivity index (χ4n) is 1.77. The number of para-hydroxylation sites is 1. The Balaban J connectivity index is 1.72. The highest BCUT2D eigenvalue weighted by Crippen LogP contribution is 2.09. The van der Waals surface area contributed by atoms with Crippen molar-refractivity contribution in [3.63, 3.8) is 0 Å². The van der Waals surface area contributed by atoms with Gasteiger partial charge in [-0.25, -0.2) is 0 Å². The molecule has 100 valence electrons. The van der Waals surface area contributed by atoms with Crippen molar-refractivity contribution < 1.29 is 4.74 Å². The lowest BCUT2D eigenvalue weighted by Crippen LogP contribution is -2.18. The average molecular weight is 322 g/mol. The first-order valence-corrected chi connectivity index (χ1v) is 7.09. The van der Waals surface area contributed by atoms with Crippen LogP contribution in [0, 0.1) is 0 Å². The van der Waals surface area contributed by atoms with Gasteiger partial charge in [0.1, 0.15) is 5.75 Å². The number of aryl methyl sites for hydroxylation is 1. The predicted octanol–water partition coefficient (Wildman–Crippen LogP) is 3.47. The summed E-state index contributed by atoms with van der Waals surface area (Å²) in [4.78, 5) is 11.6. The number of ether oxygens (including phenoxy) is 1. The molecule has 0 saturated carbocycles. The molecule has 0 aliphatic rings. The average Bonchev–Trinajstić information content (AvgIpc) is 2.43. The number of hydrogen-bond acceptors (Lipinski definition) is 2. The molecule has 0 atom stereocenters. The van der Waals surface area contributed by atoms with Crippen LogP contribution >= 0.6 is 15.9 Å². The van der Waals surface area contributed by atoms with E-state index in [9.17, 15) is 4.79 Å². The molecule has 2 aromatic rings. The summed E-state index contributed by atoms with van der Waals surface area (Å²) in [7, 11) is 0. The number of nitrogens with zero attached hydrogens (tertiary/aromatic N) is 1. The van der Waals surface area contributed by atoms with Crippen LogP contribution in [0.4, 0.5) is 0 Å². The van der Waals surface area contributed by atoms with Crippen molar-refractivity contribution in [3.05, 3.63) is 63.5 Å². The Hall–Kier alpha value is -1.55. The molecule has 0 saturated heterocycles. The lowest BCUT2D eigenvalue weighted by molar-refractivity contribution is 0.303. The molecule has 0 N–H and O–H groups in total. The molecule has 4 heteroatoms. The van der Waals surface area contributed by atoms with E-state index in [4.69, 9.17) is 4.74 Å². The second kappa shape index (κ2) is 7.14. The molecule has 0 unspecified atom stereocenters. The smallest absolute Gasteiger partial charge is 0.250 e. The molecule has 1 heterocycles. The molecule has 0 aliphatic carbocycles. The third kappa shape index (κ3) is 4.56. The zero-order valence-corrected chi connectivity index (χ0v) is 12.2. The molecule has 0 amide bonds. The highest BCUT2D eigenvalue weighted by atomic mass is 79.9. The van der Waals surface area contributed by atoms with E-state index in [1.807, 2.05) is 36.5 Å². The predicted molar refractivity (Wildman–Crippen MR) is 79.6 cm³/mol. The third-order valence-corrected chi connectivity index (χ3v) is 3.22. The highest BCUT2D eigenvalue weighted by molar-refractivity contribution is 9.10. The minimum absolute atomic E-state index is 0.0344. The minimum atomic E-state index is 0.0344. The molecule has 2 rings (SSSR count). The van der Waals surface area contributed by atoms with Gasteiger partial charge in [-0.3, -0.25) is 4.79 Å². The van der Waals surface area contributed by atoms with Crippen molar-refractivity contribution in [2.75, 3.05) is 6.61 Å². The van der Waals surface area contributed by atoms with E-state index in [0.717, 1.165) is 29.6 Å². The summed E-state index contributed by atoms with van der Waals surface area (Å²) in [5.41, 5.74) is 0.0344. The van der Waals surface area contributed by atoms with Crippen LogP contribution in [0.25, 0.3) is 0 Å². The fraction of sp³-hybridized carbons (Fsp3) is 0.267. The van der Waals surface area contributed by atoms with Gasteiger partial charge < -0.3 is 9.30 Å². The van der Waals surface area contributed by atoms with Gasteiger partial charge in [0.05, 0.1) is 6.61 Å². The Morgan fingerprint density at radius 1 is 1.05 bits per heavy atom. The zero-order valence-electron chi connectivity index (χ0n) is 10.6. The van der Waals surface area contributed by atoms with Crippen LogP contribution < -0.4 is 10.3 Å². The molecule has 0 radical (unpaired) electrons. The van der Waals surface area contributed by atoms with Gasteiger partial charge in [0.25, 0.3) is 5.56 Å². The van der Waals surface area contributed by atoms with E-state index in [0.29, 0.717) is 6.61 Å². The maximum absolute atomic E-state index is 11.6. The Kier molecular flexibility index (Phi) is 5.21. The first-order valence-electron chi connectivity index (χ1n) is 6.29. The van der Waals surface area contributed by atoms with Gasteiger partial charge in [-0.1, -0.05) is 18.2 Å². The molecule has 1 aromatic carbocycles. The van der Waals surface area contributed by atoms with E-state index in [2.05, 4.69) is 15.9 Å². The van der Waals surface area contributed by atoms with Crippen molar-refractivity contribution in [1.29, 1.82) is 0 Å². The summed E-state index contributed by atoms with van der Waals surface area (Å²) in [6.45, 7) is 1.39. The number of unbranched alkanes of at least 4 members (excludes halogenated alkanes) is 1. The summed E-state index contributed by atoms with van der Waals surface area (Å²) >= 11 is 3.37. The monoisotopic (exact) mass is 321 g/mol. The van der Waals surface area contributed by atoms with Crippen molar-refractivity contribution in [3.8, 4) is 5.75 Å². The van der Waals surface area contributed by atoms with E-state index in [1.165, 1.54) is 0 Å². The van der Waals surface area contributed by atoms with Crippen molar-refractivity contribution in [2.45, 2.75) is 19.4 Å². The second-order valence-electron chi connectivity index (χ2n) is 4.25. The molecule has 1 aromatic heterocycles. The van der Waals surface area contributed by atoms with Gasteiger partial charge in [-0.05, 0) is 47.0 Å². The maximum Gasteiger partial charge on any atom is 0.250 e. The summed E-state index contributed by atoms with van der Waals surface area (Å²) in [6.07, 6.45) is 3.66. The normalized spacial score (nSPS) is 10.4. The lowest BCUT2D eigenvalue weighted by Gasteiger charge is -2.07.